The van der Waals surface area contributed by atoms with E-state index in [9.17, 15) is 14.7 Å². The maximum atomic E-state index is 11.6. The van der Waals surface area contributed by atoms with E-state index in [1.807, 2.05) is 0 Å². The molecule has 4 nitrogen and oxygen atoms in total. The number of hydrogen-bond acceptors (Lipinski definition) is 3. The highest BCUT2D eigenvalue weighted by molar-refractivity contribution is 5.84. The summed E-state index contributed by atoms with van der Waals surface area (Å²) in [6, 6.07) is 0. The third-order valence-corrected chi connectivity index (χ3v) is 2.46. The summed E-state index contributed by atoms with van der Waals surface area (Å²) in [6.07, 6.45) is 2.58. The number of carbonyl (C=O) groups excluding carboxylic acids is 2. The van der Waals surface area contributed by atoms with Gasteiger partial charge >= 0.3 is 0 Å². The second-order valence-electron chi connectivity index (χ2n) is 4.35. The lowest BCUT2D eigenvalue weighted by atomic mass is 9.97. The SMILES string of the molecule is CC(C)(O)C(=O)N1CCCC(C=O)C1. The Hall–Kier alpha value is -0.900. The molecular formula is C10H17NO3. The number of piperidine rings is 1. The van der Waals surface area contributed by atoms with Gasteiger partial charge in [-0.15, -0.1) is 0 Å². The fourth-order valence-electron chi connectivity index (χ4n) is 1.69. The average Bonchev–Trinajstić information content (AvgIpc) is 2.15. The quantitative estimate of drug-likeness (QED) is 0.646. The van der Waals surface area contributed by atoms with Gasteiger partial charge in [0.2, 0.25) is 0 Å². The largest absolute Gasteiger partial charge is 0.381 e. The first-order chi connectivity index (χ1) is 6.45. The molecule has 1 rings (SSSR count). The van der Waals surface area contributed by atoms with Crippen LogP contribution >= 0.6 is 0 Å². The summed E-state index contributed by atoms with van der Waals surface area (Å²) in [5, 5.41) is 9.52. The molecule has 1 heterocycles. The molecule has 0 aromatic rings. The summed E-state index contributed by atoms with van der Waals surface area (Å²) < 4.78 is 0. The summed E-state index contributed by atoms with van der Waals surface area (Å²) in [6.45, 7) is 4.04. The molecule has 1 aliphatic rings. The molecule has 0 aromatic heterocycles. The molecule has 1 aliphatic heterocycles. The highest BCUT2D eigenvalue weighted by atomic mass is 16.3. The van der Waals surface area contributed by atoms with Gasteiger partial charge in [-0.05, 0) is 26.7 Å². The van der Waals surface area contributed by atoms with E-state index in [0.717, 1.165) is 19.1 Å². The van der Waals surface area contributed by atoms with Gasteiger partial charge in [-0.1, -0.05) is 0 Å². The Labute approximate surface area is 83.9 Å². The Morgan fingerprint density at radius 1 is 1.57 bits per heavy atom. The minimum absolute atomic E-state index is 0.0601. The number of rotatable bonds is 2. The van der Waals surface area contributed by atoms with Crippen molar-refractivity contribution in [2.24, 2.45) is 5.92 Å². The van der Waals surface area contributed by atoms with E-state index in [2.05, 4.69) is 0 Å². The van der Waals surface area contributed by atoms with Crippen LogP contribution in [0, 0.1) is 5.92 Å². The standard InChI is InChI=1S/C10H17NO3/c1-10(2,14)9(13)11-5-3-4-8(6-11)7-12/h7-8,14H,3-6H2,1-2H3. The molecule has 1 N–H and O–H groups in total. The highest BCUT2D eigenvalue weighted by Gasteiger charge is 2.32. The fourth-order valence-corrected chi connectivity index (χ4v) is 1.69. The van der Waals surface area contributed by atoms with Crippen LogP contribution in [0.15, 0.2) is 0 Å². The zero-order valence-corrected chi connectivity index (χ0v) is 8.69. The summed E-state index contributed by atoms with van der Waals surface area (Å²) in [5.41, 5.74) is -1.33. The van der Waals surface area contributed by atoms with Crippen molar-refractivity contribution in [3.8, 4) is 0 Å². The lowest BCUT2D eigenvalue weighted by Gasteiger charge is -2.33. The summed E-state index contributed by atoms with van der Waals surface area (Å²) in [4.78, 5) is 23.8. The molecule has 1 unspecified atom stereocenters. The van der Waals surface area contributed by atoms with Crippen LogP contribution in [0.25, 0.3) is 0 Å². The first-order valence-electron chi connectivity index (χ1n) is 4.92. The van der Waals surface area contributed by atoms with Crippen molar-refractivity contribution in [3.63, 3.8) is 0 Å². The van der Waals surface area contributed by atoms with Crippen molar-refractivity contribution in [2.45, 2.75) is 32.3 Å². The van der Waals surface area contributed by atoms with Gasteiger partial charge in [0.25, 0.3) is 5.91 Å². The van der Waals surface area contributed by atoms with E-state index in [1.54, 1.807) is 4.90 Å². The number of amides is 1. The smallest absolute Gasteiger partial charge is 0.253 e. The summed E-state index contributed by atoms with van der Waals surface area (Å²) in [5.74, 6) is -0.348. The maximum Gasteiger partial charge on any atom is 0.253 e. The van der Waals surface area contributed by atoms with Crippen LogP contribution in [0.2, 0.25) is 0 Å². The first kappa shape index (κ1) is 11.2. The minimum atomic E-state index is -1.33. The van der Waals surface area contributed by atoms with Gasteiger partial charge in [-0.3, -0.25) is 4.79 Å². The molecule has 4 heteroatoms. The lowest BCUT2D eigenvalue weighted by Crippen LogP contribution is -2.49. The second kappa shape index (κ2) is 4.09. The Kier molecular flexibility index (Phi) is 3.26. The monoisotopic (exact) mass is 199 g/mol. The lowest BCUT2D eigenvalue weighted by molar-refractivity contribution is -0.149. The molecule has 1 saturated heterocycles. The third-order valence-electron chi connectivity index (χ3n) is 2.46. The predicted octanol–water partition coefficient (Wildman–Crippen LogP) is 0.195. The Bertz CT molecular complexity index is 232. The normalized spacial score (nSPS) is 23.4. The zero-order chi connectivity index (χ0) is 10.8. The molecule has 0 aliphatic carbocycles. The summed E-state index contributed by atoms with van der Waals surface area (Å²) in [7, 11) is 0. The van der Waals surface area contributed by atoms with Gasteiger partial charge < -0.3 is 14.8 Å². The van der Waals surface area contributed by atoms with E-state index in [0.29, 0.717) is 13.1 Å². The van der Waals surface area contributed by atoms with Gasteiger partial charge in [0.1, 0.15) is 11.9 Å². The van der Waals surface area contributed by atoms with Crippen LogP contribution in [0.1, 0.15) is 26.7 Å². The first-order valence-corrected chi connectivity index (χ1v) is 4.92. The summed E-state index contributed by atoms with van der Waals surface area (Å²) >= 11 is 0. The molecule has 80 valence electrons. The van der Waals surface area contributed by atoms with E-state index < -0.39 is 5.60 Å². The number of aliphatic hydroxyl groups is 1. The molecule has 1 atom stereocenters. The van der Waals surface area contributed by atoms with E-state index in [4.69, 9.17) is 0 Å². The molecule has 0 saturated carbocycles. The van der Waals surface area contributed by atoms with Crippen LogP contribution < -0.4 is 0 Å². The van der Waals surface area contributed by atoms with Gasteiger partial charge in [0, 0.05) is 19.0 Å². The Balaban J connectivity index is 2.60. The predicted molar refractivity (Wildman–Crippen MR) is 51.7 cm³/mol. The van der Waals surface area contributed by atoms with Crippen LogP contribution in [-0.2, 0) is 9.59 Å². The number of carbonyl (C=O) groups is 2. The topological polar surface area (TPSA) is 57.6 Å². The average molecular weight is 199 g/mol. The van der Waals surface area contributed by atoms with Gasteiger partial charge in [0.15, 0.2) is 0 Å². The second-order valence-corrected chi connectivity index (χ2v) is 4.35. The van der Waals surface area contributed by atoms with Gasteiger partial charge in [-0.2, -0.15) is 0 Å². The van der Waals surface area contributed by atoms with Crippen molar-refractivity contribution in [1.82, 2.24) is 4.90 Å². The molecule has 14 heavy (non-hydrogen) atoms. The van der Waals surface area contributed by atoms with E-state index in [1.165, 1.54) is 13.8 Å². The Morgan fingerprint density at radius 3 is 2.71 bits per heavy atom. The number of likely N-dealkylation sites (tertiary alicyclic amines) is 1. The van der Waals surface area contributed by atoms with Crippen molar-refractivity contribution >= 4 is 12.2 Å². The van der Waals surface area contributed by atoms with Crippen molar-refractivity contribution in [3.05, 3.63) is 0 Å². The van der Waals surface area contributed by atoms with Gasteiger partial charge in [0.05, 0.1) is 0 Å². The molecule has 0 spiro atoms. The molecule has 0 aromatic carbocycles. The molecule has 1 amide bonds. The van der Waals surface area contributed by atoms with Gasteiger partial charge in [-0.25, -0.2) is 0 Å². The molecular weight excluding hydrogens is 182 g/mol. The number of aldehydes is 1. The maximum absolute atomic E-state index is 11.6. The van der Waals surface area contributed by atoms with E-state index >= 15 is 0 Å². The fraction of sp³-hybridized carbons (Fsp3) is 0.800. The third kappa shape index (κ3) is 2.54. The van der Waals surface area contributed by atoms with Crippen molar-refractivity contribution < 1.29 is 14.7 Å². The number of nitrogens with zero attached hydrogens (tertiary/aromatic N) is 1. The zero-order valence-electron chi connectivity index (χ0n) is 8.69. The Morgan fingerprint density at radius 2 is 2.21 bits per heavy atom. The van der Waals surface area contributed by atoms with Crippen LogP contribution in [0.3, 0.4) is 0 Å². The molecule has 0 bridgehead atoms. The van der Waals surface area contributed by atoms with Crippen LogP contribution in [0.5, 0.6) is 0 Å². The molecule has 0 radical (unpaired) electrons. The minimum Gasteiger partial charge on any atom is -0.381 e. The van der Waals surface area contributed by atoms with Crippen LogP contribution in [0.4, 0.5) is 0 Å². The number of hydrogen-bond donors (Lipinski definition) is 1. The highest BCUT2D eigenvalue weighted by Crippen LogP contribution is 2.17. The van der Waals surface area contributed by atoms with Crippen molar-refractivity contribution in [2.75, 3.05) is 13.1 Å². The van der Waals surface area contributed by atoms with Crippen molar-refractivity contribution in [1.29, 1.82) is 0 Å². The molecule has 1 fully saturated rings. The van der Waals surface area contributed by atoms with E-state index in [-0.39, 0.29) is 11.8 Å². The van der Waals surface area contributed by atoms with Crippen LogP contribution in [-0.4, -0.2) is 40.9 Å².